The van der Waals surface area contributed by atoms with Gasteiger partial charge >= 0.3 is 0 Å². The van der Waals surface area contributed by atoms with Crippen molar-refractivity contribution >= 4 is 16.8 Å². The third-order valence-corrected chi connectivity index (χ3v) is 5.25. The molecule has 0 radical (unpaired) electrons. The van der Waals surface area contributed by atoms with Crippen LogP contribution >= 0.6 is 0 Å². The number of piperidine rings is 1. The fourth-order valence-electron chi connectivity index (χ4n) is 3.75. The number of ether oxygens (including phenoxy) is 3. The van der Waals surface area contributed by atoms with Crippen molar-refractivity contribution in [2.24, 2.45) is 0 Å². The molecule has 4 rings (SSSR count). The third-order valence-electron chi connectivity index (χ3n) is 5.25. The van der Waals surface area contributed by atoms with Crippen LogP contribution < -0.4 is 14.2 Å². The van der Waals surface area contributed by atoms with E-state index in [0.29, 0.717) is 30.2 Å². The molecule has 0 bridgehead atoms. The summed E-state index contributed by atoms with van der Waals surface area (Å²) in [5.41, 5.74) is 1.39. The third kappa shape index (κ3) is 3.83. The van der Waals surface area contributed by atoms with Crippen molar-refractivity contribution in [1.29, 1.82) is 0 Å². The molecule has 2 heterocycles. The van der Waals surface area contributed by atoms with Crippen LogP contribution in [0.4, 0.5) is 0 Å². The van der Waals surface area contributed by atoms with Crippen molar-refractivity contribution in [2.75, 3.05) is 27.3 Å². The Kier molecular flexibility index (Phi) is 5.51. The van der Waals surface area contributed by atoms with Crippen LogP contribution in [0.2, 0.25) is 0 Å². The minimum absolute atomic E-state index is 0.0500. The first-order valence-corrected chi connectivity index (χ1v) is 9.72. The summed E-state index contributed by atoms with van der Waals surface area (Å²) in [5, 5.41) is 1.06. The molecule has 0 atom stereocenters. The Bertz CT molecular complexity index is 1010. The molecule has 6 heteroatoms. The maximum absolute atomic E-state index is 13.0. The highest BCUT2D eigenvalue weighted by atomic mass is 16.5. The molecular weight excluding hydrogens is 368 g/mol. The molecule has 0 unspecified atom stereocenters. The summed E-state index contributed by atoms with van der Waals surface area (Å²) in [6, 6.07) is 15.3. The molecule has 0 N–H and O–H groups in total. The number of carbonyl (C=O) groups is 1. The smallest absolute Gasteiger partial charge is 0.257 e. The number of fused-ring (bicyclic) bond motifs is 1. The normalized spacial score (nSPS) is 14.6. The van der Waals surface area contributed by atoms with E-state index < -0.39 is 0 Å². The quantitative estimate of drug-likeness (QED) is 0.658. The topological polar surface area (TPSA) is 60.9 Å². The number of hydrogen-bond acceptors (Lipinski definition) is 5. The van der Waals surface area contributed by atoms with Crippen LogP contribution in [0.25, 0.3) is 10.9 Å². The molecule has 1 aliphatic rings. The van der Waals surface area contributed by atoms with Crippen molar-refractivity contribution < 1.29 is 19.0 Å². The number of nitrogens with zero attached hydrogens (tertiary/aromatic N) is 2. The summed E-state index contributed by atoms with van der Waals surface area (Å²) in [6.07, 6.45) is 3.36. The number of benzene rings is 2. The van der Waals surface area contributed by atoms with Crippen LogP contribution in [0.3, 0.4) is 0 Å². The summed E-state index contributed by atoms with van der Waals surface area (Å²) in [5.74, 6) is 1.77. The largest absolute Gasteiger partial charge is 0.493 e. The van der Waals surface area contributed by atoms with Gasteiger partial charge in [-0.25, -0.2) is 0 Å². The van der Waals surface area contributed by atoms with Crippen LogP contribution in [0.1, 0.15) is 23.2 Å². The molecular formula is C23H24N2O4. The molecule has 150 valence electrons. The van der Waals surface area contributed by atoms with Crippen molar-refractivity contribution in [3.05, 3.63) is 60.3 Å². The lowest BCUT2D eigenvalue weighted by Crippen LogP contribution is -2.41. The average Bonchev–Trinajstić information content (AvgIpc) is 2.78. The summed E-state index contributed by atoms with van der Waals surface area (Å²) < 4.78 is 17.0. The van der Waals surface area contributed by atoms with Gasteiger partial charge in [-0.1, -0.05) is 24.3 Å². The molecule has 29 heavy (non-hydrogen) atoms. The highest BCUT2D eigenvalue weighted by Crippen LogP contribution is 2.32. The van der Waals surface area contributed by atoms with Crippen LogP contribution in [0, 0.1) is 0 Å². The summed E-state index contributed by atoms with van der Waals surface area (Å²) in [4.78, 5) is 19.3. The van der Waals surface area contributed by atoms with Gasteiger partial charge < -0.3 is 19.1 Å². The van der Waals surface area contributed by atoms with Gasteiger partial charge in [0.2, 0.25) is 0 Å². The van der Waals surface area contributed by atoms with Crippen molar-refractivity contribution in [1.82, 2.24) is 9.88 Å². The monoisotopic (exact) mass is 392 g/mol. The predicted octanol–water partition coefficient (Wildman–Crippen LogP) is 3.94. The van der Waals surface area contributed by atoms with Gasteiger partial charge in [-0.15, -0.1) is 0 Å². The zero-order valence-electron chi connectivity index (χ0n) is 16.6. The van der Waals surface area contributed by atoms with Crippen LogP contribution in [-0.4, -0.2) is 49.2 Å². The second-order valence-electron chi connectivity index (χ2n) is 6.98. The SMILES string of the molecule is COc1cccc(C(=O)N2CCC(Oc3cccc4cccnc34)CC2)c1OC. The Morgan fingerprint density at radius 1 is 0.966 bits per heavy atom. The molecule has 0 aliphatic carbocycles. The van der Waals surface area contributed by atoms with E-state index >= 15 is 0 Å². The molecule has 1 saturated heterocycles. The molecule has 3 aromatic rings. The van der Waals surface area contributed by atoms with E-state index in [1.807, 2.05) is 35.2 Å². The lowest BCUT2D eigenvalue weighted by molar-refractivity contribution is 0.0594. The number of rotatable bonds is 5. The van der Waals surface area contributed by atoms with Gasteiger partial charge in [0.1, 0.15) is 17.4 Å². The number of amides is 1. The van der Waals surface area contributed by atoms with Gasteiger partial charge in [0.15, 0.2) is 11.5 Å². The molecule has 1 aromatic heterocycles. The number of hydrogen-bond donors (Lipinski definition) is 0. The first-order valence-electron chi connectivity index (χ1n) is 9.72. The average molecular weight is 392 g/mol. The van der Waals surface area contributed by atoms with Crippen LogP contribution in [0.15, 0.2) is 54.7 Å². The second-order valence-corrected chi connectivity index (χ2v) is 6.98. The Labute approximate surface area is 170 Å². The van der Waals surface area contributed by atoms with E-state index in [9.17, 15) is 4.79 Å². The maximum atomic E-state index is 13.0. The zero-order valence-corrected chi connectivity index (χ0v) is 16.6. The highest BCUT2D eigenvalue weighted by molar-refractivity contribution is 5.98. The minimum atomic E-state index is -0.0500. The number of pyridine rings is 1. The predicted molar refractivity (Wildman–Crippen MR) is 111 cm³/mol. The molecule has 1 aliphatic heterocycles. The molecule has 6 nitrogen and oxygen atoms in total. The lowest BCUT2D eigenvalue weighted by atomic mass is 10.1. The van der Waals surface area contributed by atoms with Gasteiger partial charge in [-0.05, 0) is 24.3 Å². The summed E-state index contributed by atoms with van der Waals surface area (Å²) in [7, 11) is 3.12. The molecule has 1 amide bonds. The number of likely N-dealkylation sites (tertiary alicyclic amines) is 1. The van der Waals surface area contributed by atoms with E-state index in [-0.39, 0.29) is 12.0 Å². The Balaban J connectivity index is 1.44. The molecule has 0 saturated carbocycles. The summed E-state index contributed by atoms with van der Waals surface area (Å²) in [6.45, 7) is 1.25. The Hall–Kier alpha value is -3.28. The van der Waals surface area contributed by atoms with Crippen molar-refractivity contribution in [3.8, 4) is 17.2 Å². The van der Waals surface area contributed by atoms with Gasteiger partial charge in [0, 0.05) is 37.5 Å². The molecule has 1 fully saturated rings. The van der Waals surface area contributed by atoms with E-state index in [1.165, 1.54) is 0 Å². The van der Waals surface area contributed by atoms with E-state index in [2.05, 4.69) is 4.98 Å². The first-order chi connectivity index (χ1) is 14.2. The lowest BCUT2D eigenvalue weighted by Gasteiger charge is -2.32. The van der Waals surface area contributed by atoms with Crippen LogP contribution in [0.5, 0.6) is 17.2 Å². The van der Waals surface area contributed by atoms with E-state index in [4.69, 9.17) is 14.2 Å². The van der Waals surface area contributed by atoms with Gasteiger partial charge in [-0.3, -0.25) is 9.78 Å². The van der Waals surface area contributed by atoms with Crippen LogP contribution in [-0.2, 0) is 0 Å². The second kappa shape index (κ2) is 8.39. The van der Waals surface area contributed by atoms with E-state index in [1.54, 1.807) is 38.6 Å². The molecule has 0 spiro atoms. The maximum Gasteiger partial charge on any atom is 0.257 e. The Morgan fingerprint density at radius 2 is 1.69 bits per heavy atom. The van der Waals surface area contributed by atoms with Crippen molar-refractivity contribution in [2.45, 2.75) is 18.9 Å². The van der Waals surface area contributed by atoms with Gasteiger partial charge in [0.25, 0.3) is 5.91 Å². The number of para-hydroxylation sites is 2. The van der Waals surface area contributed by atoms with Gasteiger partial charge in [0.05, 0.1) is 19.8 Å². The fourth-order valence-corrected chi connectivity index (χ4v) is 3.75. The zero-order chi connectivity index (χ0) is 20.2. The van der Waals surface area contributed by atoms with Crippen molar-refractivity contribution in [3.63, 3.8) is 0 Å². The highest BCUT2D eigenvalue weighted by Gasteiger charge is 2.27. The molecule has 2 aromatic carbocycles. The first kappa shape index (κ1) is 19.1. The number of aromatic nitrogens is 1. The minimum Gasteiger partial charge on any atom is -0.493 e. The van der Waals surface area contributed by atoms with E-state index in [0.717, 1.165) is 29.5 Å². The number of carbonyl (C=O) groups excluding carboxylic acids is 1. The summed E-state index contributed by atoms with van der Waals surface area (Å²) >= 11 is 0. The fraction of sp³-hybridized carbons (Fsp3) is 0.304. The van der Waals surface area contributed by atoms with Gasteiger partial charge in [-0.2, -0.15) is 0 Å². The number of methoxy groups -OCH3 is 2. The standard InChI is InChI=1S/C23H24N2O4/c1-27-20-10-4-8-18(22(20)28-2)23(26)25-14-11-17(12-15-25)29-19-9-3-6-16-7-5-13-24-21(16)19/h3-10,13,17H,11-12,14-15H2,1-2H3. The Morgan fingerprint density at radius 3 is 2.45 bits per heavy atom.